The summed E-state index contributed by atoms with van der Waals surface area (Å²) in [5.41, 5.74) is 2.53. The molecule has 3 rings (SSSR count). The van der Waals surface area contributed by atoms with Crippen LogP contribution in [0, 0.1) is 12.8 Å². The van der Waals surface area contributed by atoms with Crippen LogP contribution in [0.3, 0.4) is 0 Å². The van der Waals surface area contributed by atoms with Crippen LogP contribution in [0.25, 0.3) is 11.0 Å². The molecule has 2 heterocycles. The van der Waals surface area contributed by atoms with E-state index in [-0.39, 0.29) is 11.8 Å². The number of fused-ring (bicyclic) bond motifs is 1. The monoisotopic (exact) mass is 342 g/mol. The Morgan fingerprint density at radius 3 is 2.40 bits per heavy atom. The van der Waals surface area contributed by atoms with Gasteiger partial charge in [0.05, 0.1) is 11.0 Å². The first-order valence-corrected chi connectivity index (χ1v) is 8.87. The van der Waals surface area contributed by atoms with Gasteiger partial charge in [-0.3, -0.25) is 9.59 Å². The van der Waals surface area contributed by atoms with Crippen LogP contribution < -0.4 is 0 Å². The Morgan fingerprint density at radius 2 is 1.76 bits per heavy atom. The Labute approximate surface area is 148 Å². The van der Waals surface area contributed by atoms with E-state index < -0.39 is 0 Å². The van der Waals surface area contributed by atoms with Gasteiger partial charge in [0.25, 0.3) is 5.91 Å². The number of rotatable bonds is 3. The molecule has 134 valence electrons. The molecule has 0 unspecified atom stereocenters. The number of benzene rings is 1. The van der Waals surface area contributed by atoms with Crippen molar-refractivity contribution < 1.29 is 9.59 Å². The first-order valence-electron chi connectivity index (χ1n) is 8.87. The van der Waals surface area contributed by atoms with Gasteiger partial charge in [-0.25, -0.2) is 4.98 Å². The second-order valence-corrected chi connectivity index (χ2v) is 7.19. The molecule has 1 aromatic carbocycles. The van der Waals surface area contributed by atoms with Crippen LogP contribution in [0.2, 0.25) is 0 Å². The maximum Gasteiger partial charge on any atom is 0.254 e. The van der Waals surface area contributed by atoms with E-state index in [1.54, 1.807) is 0 Å². The predicted octanol–water partition coefficient (Wildman–Crippen LogP) is 2.21. The summed E-state index contributed by atoms with van der Waals surface area (Å²) in [6, 6.07) is 5.67. The van der Waals surface area contributed by atoms with Crippen molar-refractivity contribution >= 4 is 22.8 Å². The molecule has 0 saturated carbocycles. The average Bonchev–Trinajstić information content (AvgIpc) is 2.87. The lowest BCUT2D eigenvalue weighted by Crippen LogP contribution is -2.50. The lowest BCUT2D eigenvalue weighted by atomic mass is 10.1. The van der Waals surface area contributed by atoms with Gasteiger partial charge in [0.2, 0.25) is 5.91 Å². The molecule has 1 saturated heterocycles. The number of hydrogen-bond acceptors (Lipinski definition) is 3. The smallest absolute Gasteiger partial charge is 0.254 e. The molecule has 1 aliphatic rings. The van der Waals surface area contributed by atoms with Crippen LogP contribution >= 0.6 is 0 Å². The van der Waals surface area contributed by atoms with E-state index in [1.807, 2.05) is 60.4 Å². The Hall–Kier alpha value is -2.37. The summed E-state index contributed by atoms with van der Waals surface area (Å²) < 4.78 is 2.02. The Morgan fingerprint density at radius 1 is 1.12 bits per heavy atom. The molecule has 1 fully saturated rings. The van der Waals surface area contributed by atoms with Gasteiger partial charge in [-0.15, -0.1) is 0 Å². The molecule has 1 aliphatic heterocycles. The Kier molecular flexibility index (Phi) is 4.79. The predicted molar refractivity (Wildman–Crippen MR) is 97.4 cm³/mol. The van der Waals surface area contributed by atoms with Crippen LogP contribution in [0.15, 0.2) is 18.2 Å². The molecule has 0 aliphatic carbocycles. The number of amides is 2. The van der Waals surface area contributed by atoms with Crippen molar-refractivity contribution in [3.05, 3.63) is 29.6 Å². The molecular formula is C19H26N4O2. The van der Waals surface area contributed by atoms with Crippen molar-refractivity contribution in [2.24, 2.45) is 13.0 Å². The van der Waals surface area contributed by atoms with Gasteiger partial charge in [0.1, 0.15) is 5.82 Å². The number of aryl methyl sites for hydroxylation is 2. The molecule has 2 aromatic rings. The number of aromatic nitrogens is 2. The van der Waals surface area contributed by atoms with Crippen LogP contribution in [0.1, 0.15) is 36.5 Å². The van der Waals surface area contributed by atoms with Gasteiger partial charge >= 0.3 is 0 Å². The van der Waals surface area contributed by atoms with Crippen molar-refractivity contribution in [1.29, 1.82) is 0 Å². The first kappa shape index (κ1) is 17.5. The van der Waals surface area contributed by atoms with Gasteiger partial charge < -0.3 is 14.4 Å². The molecule has 1 aromatic heterocycles. The van der Waals surface area contributed by atoms with Crippen LogP contribution in [-0.4, -0.2) is 57.3 Å². The Balaban J connectivity index is 1.67. The van der Waals surface area contributed by atoms with Crippen LogP contribution in [0.5, 0.6) is 0 Å². The van der Waals surface area contributed by atoms with Crippen molar-refractivity contribution in [2.45, 2.75) is 27.2 Å². The maximum atomic E-state index is 12.8. The summed E-state index contributed by atoms with van der Waals surface area (Å²) >= 11 is 0. The minimum Gasteiger partial charge on any atom is -0.339 e. The van der Waals surface area contributed by atoms with Gasteiger partial charge in [-0.2, -0.15) is 0 Å². The lowest BCUT2D eigenvalue weighted by molar-refractivity contribution is -0.133. The molecule has 0 atom stereocenters. The van der Waals surface area contributed by atoms with Crippen molar-refractivity contribution in [3.8, 4) is 0 Å². The highest BCUT2D eigenvalue weighted by molar-refractivity contribution is 5.97. The van der Waals surface area contributed by atoms with Crippen molar-refractivity contribution in [3.63, 3.8) is 0 Å². The summed E-state index contributed by atoms with van der Waals surface area (Å²) in [6.45, 7) is 8.45. The minimum atomic E-state index is 0.0150. The molecule has 25 heavy (non-hydrogen) atoms. The van der Waals surface area contributed by atoms with Crippen molar-refractivity contribution in [2.75, 3.05) is 26.2 Å². The second-order valence-electron chi connectivity index (χ2n) is 7.19. The molecule has 0 radical (unpaired) electrons. The SMILES string of the molecule is Cc1nc2cc(C(=O)N3CCN(C(=O)CC(C)C)CC3)ccc2n1C. The molecule has 0 spiro atoms. The molecule has 6 heteroatoms. The Bertz CT molecular complexity index is 801. The second kappa shape index (κ2) is 6.86. The van der Waals surface area contributed by atoms with E-state index in [9.17, 15) is 9.59 Å². The van der Waals surface area contributed by atoms with E-state index in [0.717, 1.165) is 16.9 Å². The van der Waals surface area contributed by atoms with Gasteiger partial charge in [0.15, 0.2) is 0 Å². The highest BCUT2D eigenvalue weighted by Crippen LogP contribution is 2.18. The lowest BCUT2D eigenvalue weighted by Gasteiger charge is -2.35. The van der Waals surface area contributed by atoms with E-state index in [0.29, 0.717) is 44.1 Å². The highest BCUT2D eigenvalue weighted by Gasteiger charge is 2.25. The average molecular weight is 342 g/mol. The van der Waals surface area contributed by atoms with Gasteiger partial charge in [-0.05, 0) is 31.0 Å². The molecule has 2 amide bonds. The van der Waals surface area contributed by atoms with Crippen LogP contribution in [0.4, 0.5) is 0 Å². The van der Waals surface area contributed by atoms with Gasteiger partial charge in [-0.1, -0.05) is 13.8 Å². The molecular weight excluding hydrogens is 316 g/mol. The molecule has 0 N–H and O–H groups in total. The van der Waals surface area contributed by atoms with Gasteiger partial charge in [0, 0.05) is 45.2 Å². The fourth-order valence-electron chi connectivity index (χ4n) is 3.27. The zero-order valence-corrected chi connectivity index (χ0v) is 15.5. The summed E-state index contributed by atoms with van der Waals surface area (Å²) in [4.78, 5) is 33.1. The third-order valence-electron chi connectivity index (χ3n) is 4.85. The minimum absolute atomic E-state index is 0.0150. The highest BCUT2D eigenvalue weighted by atomic mass is 16.2. The summed E-state index contributed by atoms with van der Waals surface area (Å²) in [7, 11) is 1.97. The van der Waals surface area contributed by atoms with E-state index in [4.69, 9.17) is 0 Å². The summed E-state index contributed by atoms with van der Waals surface area (Å²) in [5, 5.41) is 0. The topological polar surface area (TPSA) is 58.4 Å². The number of carbonyl (C=O) groups excluding carboxylic acids is 2. The maximum absolute atomic E-state index is 12.8. The number of imidazole rings is 1. The third kappa shape index (κ3) is 3.52. The molecule has 0 bridgehead atoms. The number of nitrogens with zero attached hydrogens (tertiary/aromatic N) is 4. The van der Waals surface area contributed by atoms with E-state index in [1.165, 1.54) is 0 Å². The van der Waals surface area contributed by atoms with Crippen LogP contribution in [-0.2, 0) is 11.8 Å². The standard InChI is InChI=1S/C19H26N4O2/c1-13(2)11-18(24)22-7-9-23(10-8-22)19(25)15-5-6-17-16(12-15)20-14(3)21(17)4/h5-6,12-13H,7-11H2,1-4H3. The summed E-state index contributed by atoms with van der Waals surface area (Å²) in [6.07, 6.45) is 0.573. The van der Waals surface area contributed by atoms with Crippen molar-refractivity contribution in [1.82, 2.24) is 19.4 Å². The third-order valence-corrected chi connectivity index (χ3v) is 4.85. The normalized spacial score (nSPS) is 15.2. The number of hydrogen-bond donors (Lipinski definition) is 0. The number of piperazine rings is 1. The quantitative estimate of drug-likeness (QED) is 0.859. The largest absolute Gasteiger partial charge is 0.339 e. The number of carbonyl (C=O) groups is 2. The summed E-state index contributed by atoms with van der Waals surface area (Å²) in [5.74, 6) is 1.49. The fourth-order valence-corrected chi connectivity index (χ4v) is 3.27. The zero-order chi connectivity index (χ0) is 18.1. The van der Waals surface area contributed by atoms with E-state index >= 15 is 0 Å². The fraction of sp³-hybridized carbons (Fsp3) is 0.526. The zero-order valence-electron chi connectivity index (χ0n) is 15.5. The first-order chi connectivity index (χ1) is 11.9. The molecule has 6 nitrogen and oxygen atoms in total. The van der Waals surface area contributed by atoms with E-state index in [2.05, 4.69) is 4.98 Å².